The third-order valence-electron chi connectivity index (χ3n) is 10.7. The molecule has 0 saturated carbocycles. The van der Waals surface area contributed by atoms with Crippen LogP contribution in [0.5, 0.6) is 0 Å². The third kappa shape index (κ3) is 3.86. The van der Waals surface area contributed by atoms with Crippen LogP contribution in [0.2, 0.25) is 0 Å². The van der Waals surface area contributed by atoms with Crippen molar-refractivity contribution >= 4 is 93.2 Å². The molecular weight excluding hydrogens is 637 g/mol. The van der Waals surface area contributed by atoms with Gasteiger partial charge in [0.25, 0.3) is 0 Å². The molecule has 4 heteroatoms. The Morgan fingerprint density at radius 2 is 1.12 bits per heavy atom. The number of nitrogens with zero attached hydrogens (tertiary/aromatic N) is 2. The fraction of sp³-hybridized carbons (Fsp3) is 0. The number of fused-ring (bicyclic) bond motifs is 13. The number of para-hydroxylation sites is 4. The summed E-state index contributed by atoms with van der Waals surface area (Å²) < 4.78 is 17.6. The Morgan fingerprint density at radius 3 is 1.94 bits per heavy atom. The van der Waals surface area contributed by atoms with Crippen LogP contribution in [0.25, 0.3) is 110 Å². The van der Waals surface area contributed by atoms with Crippen LogP contribution < -0.4 is 0 Å². The molecule has 4 aromatic heterocycles. The van der Waals surface area contributed by atoms with E-state index in [1.165, 1.54) is 16.2 Å². The predicted octanol–water partition coefficient (Wildman–Crippen LogP) is 13.6. The summed E-state index contributed by atoms with van der Waals surface area (Å²) in [5.74, 6) is 0. The first-order valence-electron chi connectivity index (χ1n) is 17.5. The molecule has 52 heavy (non-hydrogen) atoms. The lowest BCUT2D eigenvalue weighted by molar-refractivity contribution is 0.666. The number of furan rings is 2. The minimum atomic E-state index is 0.868. The molecule has 0 N–H and O–H groups in total. The third-order valence-corrected chi connectivity index (χ3v) is 10.7. The highest BCUT2D eigenvalue weighted by Gasteiger charge is 2.23. The normalized spacial score (nSPS) is 12.5. The minimum absolute atomic E-state index is 0.868. The first kappa shape index (κ1) is 28.8. The minimum Gasteiger partial charge on any atom is -0.456 e. The Hall–Kier alpha value is -7.04. The van der Waals surface area contributed by atoms with E-state index in [1.807, 2.05) is 42.5 Å². The van der Waals surface area contributed by atoms with Crippen molar-refractivity contribution in [3.63, 3.8) is 0 Å². The number of hydrogen-bond donors (Lipinski definition) is 0. The topological polar surface area (TPSA) is 36.1 Å². The summed E-state index contributed by atoms with van der Waals surface area (Å²) in [6.45, 7) is 8.17. The highest BCUT2D eigenvalue weighted by atomic mass is 16.3. The highest BCUT2D eigenvalue weighted by Crippen LogP contribution is 2.45. The van der Waals surface area contributed by atoms with Gasteiger partial charge in [0.15, 0.2) is 5.58 Å². The zero-order chi connectivity index (χ0) is 34.5. The van der Waals surface area contributed by atoms with Gasteiger partial charge in [-0.05, 0) is 83.9 Å². The van der Waals surface area contributed by atoms with Gasteiger partial charge < -0.3 is 18.0 Å². The van der Waals surface area contributed by atoms with Gasteiger partial charge in [0.1, 0.15) is 16.7 Å². The predicted molar refractivity (Wildman–Crippen MR) is 218 cm³/mol. The second kappa shape index (κ2) is 10.7. The van der Waals surface area contributed by atoms with Crippen LogP contribution in [-0.4, -0.2) is 9.13 Å². The average molecular weight is 667 g/mol. The summed E-state index contributed by atoms with van der Waals surface area (Å²) >= 11 is 0. The second-order valence-electron chi connectivity index (χ2n) is 13.4. The van der Waals surface area contributed by atoms with Crippen LogP contribution in [0.3, 0.4) is 0 Å². The van der Waals surface area contributed by atoms with Crippen LogP contribution in [0.1, 0.15) is 0 Å². The molecule has 244 valence electrons. The zero-order valence-electron chi connectivity index (χ0n) is 28.1. The van der Waals surface area contributed by atoms with Gasteiger partial charge in [-0.3, -0.25) is 0 Å². The molecule has 7 aromatic carbocycles. The number of rotatable bonds is 5. The Balaban J connectivity index is 1.28. The second-order valence-corrected chi connectivity index (χ2v) is 13.4. The van der Waals surface area contributed by atoms with Gasteiger partial charge in [0, 0.05) is 48.8 Å². The lowest BCUT2D eigenvalue weighted by atomic mass is 10.00. The van der Waals surface area contributed by atoms with E-state index in [1.54, 1.807) is 0 Å². The van der Waals surface area contributed by atoms with Gasteiger partial charge in [0.2, 0.25) is 0 Å². The van der Waals surface area contributed by atoms with Gasteiger partial charge in [-0.1, -0.05) is 98.1 Å². The van der Waals surface area contributed by atoms with E-state index in [2.05, 4.69) is 138 Å². The molecule has 0 spiro atoms. The van der Waals surface area contributed by atoms with Crippen LogP contribution in [0.15, 0.2) is 180 Å². The van der Waals surface area contributed by atoms with Crippen molar-refractivity contribution in [2.45, 2.75) is 0 Å². The maximum atomic E-state index is 6.64. The molecule has 0 aliphatic heterocycles. The molecule has 11 aromatic rings. The van der Waals surface area contributed by atoms with Gasteiger partial charge in [-0.25, -0.2) is 0 Å². The largest absolute Gasteiger partial charge is 0.456 e. The standard InChI is InChI=1S/C48H30N2O2/c1-3-12-31(4-2)49-38-17-8-5-15-36(38)46-40(49)25-26-41-47(46)37-27-29(30-21-23-34-32-13-6-9-19-43(32)51-45(34)28-30)22-24-39(37)50(41)42-18-11-16-35-33-14-7-10-20-44(33)52-48(35)42/h3-28H,1-2H2/b31-12+. The van der Waals surface area contributed by atoms with Crippen LogP contribution in [0.4, 0.5) is 0 Å². The van der Waals surface area contributed by atoms with Gasteiger partial charge in [-0.15, -0.1) is 0 Å². The summed E-state index contributed by atoms with van der Waals surface area (Å²) in [4.78, 5) is 0. The first-order chi connectivity index (χ1) is 25.7. The van der Waals surface area contributed by atoms with Gasteiger partial charge in [0.05, 0.1) is 27.8 Å². The van der Waals surface area contributed by atoms with Crippen LogP contribution in [-0.2, 0) is 0 Å². The van der Waals surface area contributed by atoms with E-state index in [9.17, 15) is 0 Å². The van der Waals surface area contributed by atoms with Crippen molar-refractivity contribution in [1.29, 1.82) is 0 Å². The SMILES string of the molecule is C=C/C=C(\C=C)n1c2ccccc2c2c3c4cc(-c5ccc6c(c5)oc5ccccc56)ccc4n(-c4cccc5c4oc4ccccc45)c3ccc21. The molecule has 4 nitrogen and oxygen atoms in total. The average Bonchev–Trinajstić information content (AvgIpc) is 3.94. The van der Waals surface area contributed by atoms with Crippen molar-refractivity contribution in [2.75, 3.05) is 0 Å². The van der Waals surface area contributed by atoms with E-state index >= 15 is 0 Å². The summed E-state index contributed by atoms with van der Waals surface area (Å²) in [6, 6.07) is 49.5. The first-order valence-corrected chi connectivity index (χ1v) is 17.5. The zero-order valence-corrected chi connectivity index (χ0v) is 28.1. The molecule has 0 amide bonds. The van der Waals surface area contributed by atoms with Crippen molar-refractivity contribution in [3.8, 4) is 16.8 Å². The van der Waals surface area contributed by atoms with Crippen molar-refractivity contribution in [2.24, 2.45) is 0 Å². The smallest absolute Gasteiger partial charge is 0.159 e. The fourth-order valence-electron chi connectivity index (χ4n) is 8.46. The van der Waals surface area contributed by atoms with E-state index in [0.717, 1.165) is 93.8 Å². The highest BCUT2D eigenvalue weighted by molar-refractivity contribution is 6.30. The lowest BCUT2D eigenvalue weighted by Crippen LogP contribution is -1.95. The monoisotopic (exact) mass is 666 g/mol. The quantitative estimate of drug-likeness (QED) is 0.171. The van der Waals surface area contributed by atoms with E-state index in [-0.39, 0.29) is 0 Å². The van der Waals surface area contributed by atoms with E-state index in [0.29, 0.717) is 0 Å². The maximum Gasteiger partial charge on any atom is 0.159 e. The molecule has 0 radical (unpaired) electrons. The summed E-state index contributed by atoms with van der Waals surface area (Å²) in [5, 5.41) is 9.17. The van der Waals surface area contributed by atoms with Crippen molar-refractivity contribution in [3.05, 3.63) is 171 Å². The summed E-state index contributed by atoms with van der Waals surface area (Å²) in [6.07, 6.45) is 5.73. The molecule has 11 rings (SSSR count). The molecule has 0 fully saturated rings. The number of aromatic nitrogens is 2. The van der Waals surface area contributed by atoms with Gasteiger partial charge >= 0.3 is 0 Å². The summed E-state index contributed by atoms with van der Waals surface area (Å²) in [7, 11) is 0. The molecule has 0 aliphatic rings. The molecule has 0 aliphatic carbocycles. The molecule has 0 unspecified atom stereocenters. The summed E-state index contributed by atoms with van der Waals surface area (Å²) in [5.41, 5.74) is 12.2. The molecule has 4 heterocycles. The lowest BCUT2D eigenvalue weighted by Gasteiger charge is -2.10. The van der Waals surface area contributed by atoms with Crippen LogP contribution in [0, 0.1) is 0 Å². The number of allylic oxidation sites excluding steroid dienone is 4. The molecular formula is C48H30N2O2. The fourth-order valence-corrected chi connectivity index (χ4v) is 8.46. The van der Waals surface area contributed by atoms with E-state index < -0.39 is 0 Å². The molecule has 0 bridgehead atoms. The van der Waals surface area contributed by atoms with Gasteiger partial charge in [-0.2, -0.15) is 0 Å². The number of hydrogen-bond acceptors (Lipinski definition) is 2. The number of benzene rings is 7. The molecule has 0 atom stereocenters. The Morgan fingerprint density at radius 1 is 0.481 bits per heavy atom. The Labute approximate surface area is 298 Å². The van der Waals surface area contributed by atoms with Crippen molar-refractivity contribution in [1.82, 2.24) is 9.13 Å². The molecule has 0 saturated heterocycles. The van der Waals surface area contributed by atoms with Crippen molar-refractivity contribution < 1.29 is 8.83 Å². The van der Waals surface area contributed by atoms with E-state index in [4.69, 9.17) is 8.83 Å². The van der Waals surface area contributed by atoms with Crippen LogP contribution >= 0.6 is 0 Å². The Bertz CT molecular complexity index is 3340. The Kier molecular flexibility index (Phi) is 5.93. The maximum absolute atomic E-state index is 6.64.